The van der Waals surface area contributed by atoms with E-state index in [0.29, 0.717) is 11.0 Å². The maximum Gasteiger partial charge on any atom is 0.242 e. The van der Waals surface area contributed by atoms with Crippen LogP contribution in [-0.2, 0) is 11.2 Å². The van der Waals surface area contributed by atoms with E-state index in [1.54, 1.807) is 23.1 Å². The fourth-order valence-corrected chi connectivity index (χ4v) is 2.76. The number of carbonyl (C=O) groups excluding carboxylic acids is 1. The molecule has 0 saturated carbocycles. The van der Waals surface area contributed by atoms with E-state index in [1.165, 1.54) is 0 Å². The van der Waals surface area contributed by atoms with Gasteiger partial charge in [-0.05, 0) is 44.5 Å². The van der Waals surface area contributed by atoms with Gasteiger partial charge in [0.15, 0.2) is 0 Å². The Morgan fingerprint density at radius 3 is 2.62 bits per heavy atom. The molecule has 0 aliphatic rings. The van der Waals surface area contributed by atoms with Crippen molar-refractivity contribution in [3.63, 3.8) is 0 Å². The molecule has 26 heavy (non-hydrogen) atoms. The Kier molecular flexibility index (Phi) is 5.18. The number of hydrazine groups is 1. The smallest absolute Gasteiger partial charge is 0.242 e. The number of aromatic nitrogens is 4. The van der Waals surface area contributed by atoms with E-state index < -0.39 is 0 Å². The highest BCUT2D eigenvalue weighted by Crippen LogP contribution is 2.23. The molecule has 8 heteroatoms. The summed E-state index contributed by atoms with van der Waals surface area (Å²) >= 11 is 6.22. The first kappa shape index (κ1) is 17.9. The number of nitrogens with zero attached hydrogens (tertiary/aromatic N) is 4. The van der Waals surface area contributed by atoms with Crippen molar-refractivity contribution in [2.45, 2.75) is 27.2 Å². The van der Waals surface area contributed by atoms with Gasteiger partial charge in [0.25, 0.3) is 0 Å². The Balaban J connectivity index is 1.75. The molecule has 2 heterocycles. The highest BCUT2D eigenvalue weighted by atomic mass is 35.5. The van der Waals surface area contributed by atoms with E-state index in [0.717, 1.165) is 28.2 Å². The fraction of sp³-hybridized carbons (Fsp3) is 0.222. The number of rotatable bonds is 5. The van der Waals surface area contributed by atoms with Crippen LogP contribution in [-0.4, -0.2) is 25.7 Å². The minimum atomic E-state index is -0.204. The number of aryl methyl sites for hydroxylation is 2. The van der Waals surface area contributed by atoms with Crippen LogP contribution in [0.3, 0.4) is 0 Å². The van der Waals surface area contributed by atoms with Gasteiger partial charge in [-0.1, -0.05) is 17.7 Å². The molecule has 0 saturated heterocycles. The number of amides is 1. The van der Waals surface area contributed by atoms with Crippen LogP contribution in [0.1, 0.15) is 22.5 Å². The number of carbonyl (C=O) groups is 1. The van der Waals surface area contributed by atoms with E-state index in [9.17, 15) is 4.79 Å². The SMILES string of the molecule is Cc1ccc(-n2nc(C)c(CC(=O)NNc3ncccn3)c2C)cc1Cl. The summed E-state index contributed by atoms with van der Waals surface area (Å²) in [5.41, 5.74) is 9.72. The van der Waals surface area contributed by atoms with Gasteiger partial charge in [0.1, 0.15) is 0 Å². The molecule has 0 atom stereocenters. The Bertz CT molecular complexity index is 938. The van der Waals surface area contributed by atoms with E-state index in [2.05, 4.69) is 25.9 Å². The van der Waals surface area contributed by atoms with Gasteiger partial charge in [-0.3, -0.25) is 15.6 Å². The average molecular weight is 371 g/mol. The molecule has 0 bridgehead atoms. The molecule has 0 aliphatic carbocycles. The second-order valence-corrected chi connectivity index (χ2v) is 6.32. The lowest BCUT2D eigenvalue weighted by Crippen LogP contribution is -2.31. The van der Waals surface area contributed by atoms with Gasteiger partial charge in [0.05, 0.1) is 17.8 Å². The zero-order valence-electron chi connectivity index (χ0n) is 14.7. The van der Waals surface area contributed by atoms with Gasteiger partial charge in [0.2, 0.25) is 11.9 Å². The summed E-state index contributed by atoms with van der Waals surface area (Å²) in [6.07, 6.45) is 3.37. The molecule has 1 amide bonds. The lowest BCUT2D eigenvalue weighted by Gasteiger charge is -2.08. The predicted molar refractivity (Wildman–Crippen MR) is 100 cm³/mol. The molecular formula is C18H19ClN6O. The molecule has 1 aromatic carbocycles. The molecule has 0 fully saturated rings. The molecule has 0 radical (unpaired) electrons. The summed E-state index contributed by atoms with van der Waals surface area (Å²) < 4.78 is 1.80. The molecular weight excluding hydrogens is 352 g/mol. The van der Waals surface area contributed by atoms with Crippen molar-refractivity contribution in [2.75, 3.05) is 5.43 Å². The molecule has 134 valence electrons. The number of halogens is 1. The maximum atomic E-state index is 12.2. The van der Waals surface area contributed by atoms with E-state index in [-0.39, 0.29) is 12.3 Å². The number of hydrogen-bond acceptors (Lipinski definition) is 5. The molecule has 3 aromatic rings. The van der Waals surface area contributed by atoms with Crippen LogP contribution < -0.4 is 10.9 Å². The lowest BCUT2D eigenvalue weighted by molar-refractivity contribution is -0.120. The van der Waals surface area contributed by atoms with Crippen LogP contribution >= 0.6 is 11.6 Å². The number of hydrogen-bond donors (Lipinski definition) is 2. The molecule has 0 unspecified atom stereocenters. The highest BCUT2D eigenvalue weighted by molar-refractivity contribution is 6.31. The van der Waals surface area contributed by atoms with Crippen molar-refractivity contribution in [3.8, 4) is 5.69 Å². The summed E-state index contributed by atoms with van der Waals surface area (Å²) in [6.45, 7) is 5.77. The number of benzene rings is 1. The van der Waals surface area contributed by atoms with Gasteiger partial charge in [-0.25, -0.2) is 14.6 Å². The summed E-state index contributed by atoms with van der Waals surface area (Å²) in [7, 11) is 0. The minimum Gasteiger partial charge on any atom is -0.273 e. The molecule has 3 rings (SSSR count). The first-order chi connectivity index (χ1) is 12.5. The molecule has 0 spiro atoms. The van der Waals surface area contributed by atoms with E-state index in [1.807, 2.05) is 39.0 Å². The normalized spacial score (nSPS) is 10.6. The van der Waals surface area contributed by atoms with Crippen LogP contribution in [0.2, 0.25) is 5.02 Å². The lowest BCUT2D eigenvalue weighted by atomic mass is 10.1. The highest BCUT2D eigenvalue weighted by Gasteiger charge is 2.16. The van der Waals surface area contributed by atoms with Gasteiger partial charge in [0, 0.05) is 28.7 Å². The van der Waals surface area contributed by atoms with Crippen LogP contribution in [0.4, 0.5) is 5.95 Å². The van der Waals surface area contributed by atoms with Gasteiger partial charge >= 0.3 is 0 Å². The van der Waals surface area contributed by atoms with E-state index in [4.69, 9.17) is 11.6 Å². The fourth-order valence-electron chi connectivity index (χ4n) is 2.59. The molecule has 2 aromatic heterocycles. The Hall–Kier alpha value is -2.93. The maximum absolute atomic E-state index is 12.2. The van der Waals surface area contributed by atoms with Crippen molar-refractivity contribution < 1.29 is 4.79 Å². The van der Waals surface area contributed by atoms with Gasteiger partial charge < -0.3 is 0 Å². The summed E-state index contributed by atoms with van der Waals surface area (Å²) in [4.78, 5) is 20.2. The predicted octanol–water partition coefficient (Wildman–Crippen LogP) is 2.93. The number of nitrogens with one attached hydrogen (secondary N) is 2. The Morgan fingerprint density at radius 1 is 1.19 bits per heavy atom. The summed E-state index contributed by atoms with van der Waals surface area (Å²) in [6, 6.07) is 7.48. The quantitative estimate of drug-likeness (QED) is 0.674. The van der Waals surface area contributed by atoms with E-state index >= 15 is 0 Å². The standard InChI is InChI=1S/C18H19ClN6O/c1-11-5-6-14(9-16(11)19)25-13(3)15(12(2)24-25)10-17(26)22-23-18-20-7-4-8-21-18/h4-9H,10H2,1-3H3,(H,22,26)(H,20,21,23). The monoisotopic (exact) mass is 370 g/mol. The van der Waals surface area contributed by atoms with Crippen LogP contribution in [0.5, 0.6) is 0 Å². The zero-order valence-corrected chi connectivity index (χ0v) is 15.5. The number of anilines is 1. The van der Waals surface area contributed by atoms with Crippen LogP contribution in [0.25, 0.3) is 5.69 Å². The average Bonchev–Trinajstić information content (AvgIpc) is 2.91. The van der Waals surface area contributed by atoms with Crippen molar-refractivity contribution in [2.24, 2.45) is 0 Å². The van der Waals surface area contributed by atoms with Crippen molar-refractivity contribution in [1.82, 2.24) is 25.2 Å². The summed E-state index contributed by atoms with van der Waals surface area (Å²) in [5.74, 6) is 0.129. The third-order valence-electron chi connectivity index (χ3n) is 4.06. The van der Waals surface area contributed by atoms with Crippen LogP contribution in [0, 0.1) is 20.8 Å². The third-order valence-corrected chi connectivity index (χ3v) is 4.47. The second kappa shape index (κ2) is 7.53. The van der Waals surface area contributed by atoms with Crippen molar-refractivity contribution in [3.05, 3.63) is 64.2 Å². The molecule has 7 nitrogen and oxygen atoms in total. The zero-order chi connectivity index (χ0) is 18.7. The first-order valence-corrected chi connectivity index (χ1v) is 8.47. The topological polar surface area (TPSA) is 84.7 Å². The largest absolute Gasteiger partial charge is 0.273 e. The first-order valence-electron chi connectivity index (χ1n) is 8.09. The molecule has 2 N–H and O–H groups in total. The minimum absolute atomic E-state index is 0.192. The summed E-state index contributed by atoms with van der Waals surface area (Å²) in [5, 5.41) is 5.24. The van der Waals surface area contributed by atoms with Crippen molar-refractivity contribution in [1.29, 1.82) is 0 Å². The third kappa shape index (κ3) is 3.83. The Labute approximate surface area is 156 Å². The van der Waals surface area contributed by atoms with Crippen molar-refractivity contribution >= 4 is 23.5 Å². The Morgan fingerprint density at radius 2 is 1.92 bits per heavy atom. The van der Waals surface area contributed by atoms with Crippen LogP contribution in [0.15, 0.2) is 36.7 Å². The molecule has 0 aliphatic heterocycles. The van der Waals surface area contributed by atoms with Gasteiger partial charge in [-0.2, -0.15) is 5.10 Å². The van der Waals surface area contributed by atoms with Gasteiger partial charge in [-0.15, -0.1) is 0 Å². The second-order valence-electron chi connectivity index (χ2n) is 5.92.